The second kappa shape index (κ2) is 6.47. The number of nitrogens with one attached hydrogen (secondary N) is 2. The molecule has 2 fully saturated rings. The van der Waals surface area contributed by atoms with E-state index in [1.807, 2.05) is 24.0 Å². The van der Waals surface area contributed by atoms with E-state index < -0.39 is 0 Å². The topological polar surface area (TPSA) is 63.5 Å². The molecule has 116 valence electrons. The molecule has 0 radical (unpaired) electrons. The number of guanidine groups is 1. The molecule has 1 aromatic rings. The van der Waals surface area contributed by atoms with Gasteiger partial charge in [0.05, 0.1) is 37.5 Å². The van der Waals surface area contributed by atoms with E-state index in [1.165, 1.54) is 18.4 Å². The lowest BCUT2D eigenvalue weighted by atomic mass is 9.96. The van der Waals surface area contributed by atoms with E-state index in [1.54, 1.807) is 0 Å². The zero-order valence-corrected chi connectivity index (χ0v) is 12.9. The Balaban J connectivity index is 1.52. The average Bonchev–Trinajstić information content (AvgIpc) is 3.16. The van der Waals surface area contributed by atoms with E-state index in [4.69, 9.17) is 4.74 Å². The van der Waals surface area contributed by atoms with Crippen molar-refractivity contribution in [2.75, 3.05) is 13.1 Å². The number of ether oxygens (including phenoxy) is 1. The number of rotatable bonds is 5. The van der Waals surface area contributed by atoms with Crippen LogP contribution in [0.15, 0.2) is 17.4 Å². The minimum Gasteiger partial charge on any atom is -0.373 e. The van der Waals surface area contributed by atoms with Gasteiger partial charge in [-0.25, -0.2) is 0 Å². The summed E-state index contributed by atoms with van der Waals surface area (Å²) in [5, 5.41) is 11.1. The smallest absolute Gasteiger partial charge is 0.191 e. The van der Waals surface area contributed by atoms with Gasteiger partial charge >= 0.3 is 0 Å². The second-order valence-corrected chi connectivity index (χ2v) is 5.90. The highest BCUT2D eigenvalue weighted by molar-refractivity contribution is 5.80. The molecule has 6 heteroatoms. The molecule has 0 spiro atoms. The van der Waals surface area contributed by atoms with Crippen molar-refractivity contribution in [1.82, 2.24) is 20.4 Å². The molecule has 21 heavy (non-hydrogen) atoms. The molecule has 3 atom stereocenters. The zero-order chi connectivity index (χ0) is 14.7. The minimum atomic E-state index is 0.368. The van der Waals surface area contributed by atoms with Crippen LogP contribution in [0, 0.1) is 6.92 Å². The first kappa shape index (κ1) is 14.4. The number of aromatic nitrogens is 2. The molecule has 2 aliphatic rings. The Morgan fingerprint density at radius 2 is 2.43 bits per heavy atom. The maximum absolute atomic E-state index is 5.88. The molecule has 2 saturated heterocycles. The van der Waals surface area contributed by atoms with Crippen LogP contribution >= 0.6 is 0 Å². The van der Waals surface area contributed by atoms with Crippen molar-refractivity contribution >= 4 is 5.96 Å². The van der Waals surface area contributed by atoms with Gasteiger partial charge in [0, 0.05) is 12.7 Å². The van der Waals surface area contributed by atoms with Gasteiger partial charge in [-0.05, 0) is 38.7 Å². The second-order valence-electron chi connectivity index (χ2n) is 5.90. The molecule has 6 nitrogen and oxygen atoms in total. The zero-order valence-electron chi connectivity index (χ0n) is 12.9. The number of aliphatic imine (C=N–C) groups is 1. The number of hydrogen-bond acceptors (Lipinski definition) is 3. The van der Waals surface area contributed by atoms with Crippen LogP contribution in [-0.4, -0.2) is 47.1 Å². The maximum Gasteiger partial charge on any atom is 0.191 e. The van der Waals surface area contributed by atoms with Gasteiger partial charge in [-0.1, -0.05) is 0 Å². The summed E-state index contributed by atoms with van der Waals surface area (Å²) in [5.74, 6) is 0.891. The molecule has 0 aliphatic carbocycles. The van der Waals surface area contributed by atoms with Gasteiger partial charge in [0.2, 0.25) is 0 Å². The Bertz CT molecular complexity index is 498. The van der Waals surface area contributed by atoms with Gasteiger partial charge in [-0.15, -0.1) is 0 Å². The van der Waals surface area contributed by atoms with Crippen molar-refractivity contribution in [2.45, 2.75) is 57.9 Å². The Morgan fingerprint density at radius 1 is 1.52 bits per heavy atom. The monoisotopic (exact) mass is 291 g/mol. The van der Waals surface area contributed by atoms with Gasteiger partial charge < -0.3 is 15.4 Å². The minimum absolute atomic E-state index is 0.368. The summed E-state index contributed by atoms with van der Waals surface area (Å²) in [6.45, 7) is 6.53. The number of hydrogen-bond donors (Lipinski definition) is 2. The van der Waals surface area contributed by atoms with E-state index in [0.717, 1.165) is 32.0 Å². The normalized spacial score (nSPS) is 28.1. The highest BCUT2D eigenvalue weighted by Gasteiger charge is 2.41. The van der Waals surface area contributed by atoms with Crippen LogP contribution in [0.2, 0.25) is 0 Å². The van der Waals surface area contributed by atoms with Gasteiger partial charge in [-0.3, -0.25) is 9.67 Å². The maximum atomic E-state index is 5.88. The highest BCUT2D eigenvalue weighted by Crippen LogP contribution is 2.34. The van der Waals surface area contributed by atoms with Crippen LogP contribution < -0.4 is 10.6 Å². The molecule has 3 unspecified atom stereocenters. The largest absolute Gasteiger partial charge is 0.373 e. The summed E-state index contributed by atoms with van der Waals surface area (Å²) < 4.78 is 7.81. The molecule has 3 heterocycles. The number of aryl methyl sites for hydroxylation is 1. The lowest BCUT2D eigenvalue weighted by Gasteiger charge is -2.22. The summed E-state index contributed by atoms with van der Waals surface area (Å²) in [5.41, 5.74) is 1.18. The van der Waals surface area contributed by atoms with Gasteiger partial charge in [-0.2, -0.15) is 5.10 Å². The summed E-state index contributed by atoms with van der Waals surface area (Å²) in [6, 6.07) is 0.411. The van der Waals surface area contributed by atoms with Gasteiger partial charge in [0.1, 0.15) is 0 Å². The number of fused-ring (bicyclic) bond motifs is 2. The van der Waals surface area contributed by atoms with Crippen molar-refractivity contribution in [3.63, 3.8) is 0 Å². The third-order valence-electron chi connectivity index (χ3n) is 4.13. The first-order valence-electron chi connectivity index (χ1n) is 7.94. The van der Waals surface area contributed by atoms with E-state index in [-0.39, 0.29) is 0 Å². The molecule has 2 N–H and O–H groups in total. The average molecular weight is 291 g/mol. The molecule has 2 aliphatic heterocycles. The molecule has 0 amide bonds. The van der Waals surface area contributed by atoms with E-state index in [0.29, 0.717) is 18.2 Å². The molecule has 3 rings (SSSR count). The molecule has 1 aromatic heterocycles. The quantitative estimate of drug-likeness (QED) is 0.629. The van der Waals surface area contributed by atoms with Crippen LogP contribution in [0.25, 0.3) is 0 Å². The SMILES string of the molecule is CCNC(=NCCn1cc(C)cn1)NC1CC2CCC1O2. The van der Waals surface area contributed by atoms with Gasteiger partial charge in [0.15, 0.2) is 5.96 Å². The van der Waals surface area contributed by atoms with Crippen molar-refractivity contribution in [3.8, 4) is 0 Å². The molecule has 0 saturated carbocycles. The molecule has 2 bridgehead atoms. The summed E-state index contributed by atoms with van der Waals surface area (Å²) >= 11 is 0. The van der Waals surface area contributed by atoms with E-state index >= 15 is 0 Å². The fraction of sp³-hybridized carbons (Fsp3) is 0.733. The molecular weight excluding hydrogens is 266 g/mol. The first-order chi connectivity index (χ1) is 10.2. The third-order valence-corrected chi connectivity index (χ3v) is 4.13. The van der Waals surface area contributed by atoms with Crippen LogP contribution in [0.4, 0.5) is 0 Å². The van der Waals surface area contributed by atoms with Crippen molar-refractivity contribution in [3.05, 3.63) is 18.0 Å². The lowest BCUT2D eigenvalue weighted by Crippen LogP contribution is -2.47. The van der Waals surface area contributed by atoms with Crippen molar-refractivity contribution in [1.29, 1.82) is 0 Å². The van der Waals surface area contributed by atoms with E-state index in [9.17, 15) is 0 Å². The summed E-state index contributed by atoms with van der Waals surface area (Å²) in [7, 11) is 0. The van der Waals surface area contributed by atoms with Gasteiger partial charge in [0.25, 0.3) is 0 Å². The summed E-state index contributed by atoms with van der Waals surface area (Å²) in [6.07, 6.45) is 8.24. The Morgan fingerprint density at radius 3 is 3.05 bits per heavy atom. The fourth-order valence-corrected chi connectivity index (χ4v) is 3.14. The highest BCUT2D eigenvalue weighted by atomic mass is 16.5. The Hall–Kier alpha value is -1.56. The van der Waals surface area contributed by atoms with Crippen LogP contribution in [0.1, 0.15) is 31.7 Å². The summed E-state index contributed by atoms with van der Waals surface area (Å²) in [4.78, 5) is 4.64. The van der Waals surface area contributed by atoms with Crippen LogP contribution in [0.5, 0.6) is 0 Å². The number of nitrogens with zero attached hydrogens (tertiary/aromatic N) is 3. The lowest BCUT2D eigenvalue weighted by molar-refractivity contribution is 0.0992. The predicted molar refractivity (Wildman–Crippen MR) is 82.4 cm³/mol. The van der Waals surface area contributed by atoms with Crippen molar-refractivity contribution in [2.24, 2.45) is 4.99 Å². The van der Waals surface area contributed by atoms with Crippen molar-refractivity contribution < 1.29 is 4.74 Å². The Kier molecular flexibility index (Phi) is 4.43. The van der Waals surface area contributed by atoms with Crippen LogP contribution in [-0.2, 0) is 11.3 Å². The van der Waals surface area contributed by atoms with Crippen LogP contribution in [0.3, 0.4) is 0 Å². The first-order valence-corrected chi connectivity index (χ1v) is 7.94. The fourth-order valence-electron chi connectivity index (χ4n) is 3.14. The predicted octanol–water partition coefficient (Wildman–Crippen LogP) is 1.07. The molecular formula is C15H25N5O. The van der Waals surface area contributed by atoms with E-state index in [2.05, 4.69) is 27.6 Å². The molecule has 0 aromatic carbocycles. The standard InChI is InChI=1S/C15H25N5O/c1-3-16-15(17-6-7-20-10-11(2)9-18-20)19-13-8-12-4-5-14(13)21-12/h9-10,12-14H,3-8H2,1-2H3,(H2,16,17,19). The Labute approximate surface area is 126 Å². The third kappa shape index (κ3) is 3.56.